The summed E-state index contributed by atoms with van der Waals surface area (Å²) < 4.78 is 77.3. The number of likely N-dealkylation sites (tertiary alicyclic amines) is 1. The number of benzene rings is 4. The molecule has 0 bridgehead atoms. The van der Waals surface area contributed by atoms with Crippen LogP contribution in [0.25, 0.3) is 15.6 Å². The van der Waals surface area contributed by atoms with Gasteiger partial charge < -0.3 is 87.2 Å². The molecule has 104 heavy (non-hydrogen) atoms. The molecule has 0 saturated carbocycles. The number of imide groups is 1. The summed E-state index contributed by atoms with van der Waals surface area (Å²) in [6.07, 6.45) is 3.67. The number of nitrogens with one attached hydrogen (secondary N) is 3. The van der Waals surface area contributed by atoms with E-state index in [2.05, 4.69) is 60.3 Å². The first kappa shape index (κ1) is 78.8. The second-order valence-electron chi connectivity index (χ2n) is 25.4. The lowest BCUT2D eigenvalue weighted by Crippen LogP contribution is -2.57. The Bertz CT molecular complexity index is 3720. The highest BCUT2D eigenvalue weighted by Crippen LogP contribution is 2.38. The fraction of sp³-hybridized carbons (Fsp3) is 0.541. The van der Waals surface area contributed by atoms with Crippen LogP contribution in [0.4, 0.5) is 26.4 Å². The van der Waals surface area contributed by atoms with Crippen LogP contribution in [0, 0.1) is 6.57 Å². The van der Waals surface area contributed by atoms with E-state index in [1.54, 1.807) is 18.2 Å². The number of piperidine rings is 1. The van der Waals surface area contributed by atoms with Crippen molar-refractivity contribution in [1.82, 2.24) is 35.3 Å². The summed E-state index contributed by atoms with van der Waals surface area (Å²) in [6, 6.07) is 21.4. The average molecular weight is 1480 g/mol. The zero-order valence-electron chi connectivity index (χ0n) is 58.8. The van der Waals surface area contributed by atoms with Gasteiger partial charge in [-0.05, 0) is 97.1 Å². The largest absolute Gasteiger partial charge is 0.462 e. The summed E-state index contributed by atoms with van der Waals surface area (Å²) in [5.74, 6) is -2.17. The van der Waals surface area contributed by atoms with Crippen LogP contribution in [0.15, 0.2) is 85.2 Å². The quantitative estimate of drug-likeness (QED) is 0.0150. The molecule has 6 heterocycles. The number of carbonyl (C=O) groups is 5. The number of rotatable bonds is 44. The van der Waals surface area contributed by atoms with Crippen molar-refractivity contribution in [3.63, 3.8) is 0 Å². The number of urea groups is 1. The first-order chi connectivity index (χ1) is 50.8. The lowest BCUT2D eigenvalue weighted by atomic mass is 10.0. The maximum atomic E-state index is 14.1. The number of halogens is 3. The molecule has 0 radical (unpaired) electrons. The third-order valence-corrected chi connectivity index (χ3v) is 18.9. The number of piperazine rings is 1. The minimum atomic E-state index is -1.04. The van der Waals surface area contributed by atoms with Gasteiger partial charge in [0, 0.05) is 91.2 Å². The van der Waals surface area contributed by atoms with Crippen molar-refractivity contribution in [2.75, 3.05) is 200 Å². The standard InChI is InChI=1S/C74H94Cl2FN11O16/c1-52(77)71(91)87-20-19-86(49-60(87)47-78-2)69-62-15-18-85(65-10-4-7-55-6-3-9-63(76)68(55)65)50-64(62)81-74(83-69)104-51-59-8-5-17-84(59)21-23-95-25-27-97-29-31-99-33-35-101-37-39-103-41-40-102-38-36-100-34-32-98-30-28-96-26-24-94-22-16-53-43-57(75)45-58(44-53)80-73(93)79-46-54-11-12-61-56(42-54)48-88(72(61)92)66-13-14-67(89)82-70(66)90/h3-4,6-7,9-12,42-45,59-60,66H,1,5,8,13-41,46-51H2,(H2,79,80,93)(H,82,89,90)/t59-,60-,66?/m0/s1. The molecule has 6 amide bonds. The van der Waals surface area contributed by atoms with Gasteiger partial charge in [-0.3, -0.25) is 29.4 Å². The fourth-order valence-corrected chi connectivity index (χ4v) is 13.7. The van der Waals surface area contributed by atoms with Crippen molar-refractivity contribution in [3.05, 3.63) is 140 Å². The van der Waals surface area contributed by atoms with Crippen LogP contribution in [0.1, 0.15) is 64.0 Å². The molecule has 3 N–H and O–H groups in total. The highest BCUT2D eigenvalue weighted by atomic mass is 35.5. The van der Waals surface area contributed by atoms with Crippen molar-refractivity contribution in [2.45, 2.75) is 76.3 Å². The smallest absolute Gasteiger partial charge is 0.319 e. The Hall–Kier alpha value is -7.73. The Morgan fingerprint density at radius 3 is 1.94 bits per heavy atom. The first-order valence-corrected chi connectivity index (χ1v) is 36.4. The molecule has 0 aliphatic carbocycles. The van der Waals surface area contributed by atoms with Crippen LogP contribution in [0.3, 0.4) is 0 Å². The van der Waals surface area contributed by atoms with E-state index in [0.717, 1.165) is 70.3 Å². The molecular weight excluding hydrogens is 1390 g/mol. The molecule has 0 spiro atoms. The number of hydrogen-bond donors (Lipinski definition) is 3. The molecule has 3 saturated heterocycles. The highest BCUT2D eigenvalue weighted by Gasteiger charge is 2.40. The topological polar surface area (TPSA) is 269 Å². The van der Waals surface area contributed by atoms with Gasteiger partial charge in [-0.2, -0.15) is 9.97 Å². The number of aromatic nitrogens is 2. The SMILES string of the molecule is [C-]#[N+]C[C@H]1CN(c2nc(OC[C@@H]3CCCN3CCOCCOCCOCCOCCOCCOCCOCCOCCOCCOCCc3cc(Cl)cc(NC(=O)NCc4ccc5c(c4)CN(C4CCC(=O)NC4=O)C5=O)c3)nc3c2CCN(c2cccc4cccc(Cl)c24)C3)CCN1C(=O)C(=C)F. The second-order valence-corrected chi connectivity index (χ2v) is 26.3. The molecule has 5 aromatic rings. The number of hydrogen-bond acceptors (Lipinski definition) is 21. The second kappa shape index (κ2) is 41.8. The van der Waals surface area contributed by atoms with E-state index in [0.29, 0.717) is 205 Å². The van der Waals surface area contributed by atoms with E-state index >= 15 is 0 Å². The molecule has 5 aliphatic heterocycles. The molecule has 4 aromatic carbocycles. The van der Waals surface area contributed by atoms with Crippen LogP contribution in [0.2, 0.25) is 10.0 Å². The van der Waals surface area contributed by atoms with Crippen molar-refractivity contribution >= 4 is 80.8 Å². The van der Waals surface area contributed by atoms with Crippen LogP contribution in [0.5, 0.6) is 6.01 Å². The highest BCUT2D eigenvalue weighted by molar-refractivity contribution is 6.36. The van der Waals surface area contributed by atoms with Crippen molar-refractivity contribution in [3.8, 4) is 6.01 Å². The summed E-state index contributed by atoms with van der Waals surface area (Å²) in [5, 5.41) is 11.1. The van der Waals surface area contributed by atoms with Gasteiger partial charge in [0.15, 0.2) is 5.83 Å². The van der Waals surface area contributed by atoms with Gasteiger partial charge in [-0.25, -0.2) is 15.8 Å². The third kappa shape index (κ3) is 23.6. The zero-order valence-corrected chi connectivity index (χ0v) is 60.3. The Balaban J connectivity index is 0.485. The minimum Gasteiger partial charge on any atom is -0.462 e. The van der Waals surface area contributed by atoms with E-state index in [4.69, 9.17) is 91.8 Å². The van der Waals surface area contributed by atoms with E-state index in [-0.39, 0.29) is 62.9 Å². The van der Waals surface area contributed by atoms with E-state index in [9.17, 15) is 28.4 Å². The predicted octanol–water partition coefficient (Wildman–Crippen LogP) is 7.25. The maximum absolute atomic E-state index is 14.1. The van der Waals surface area contributed by atoms with Gasteiger partial charge in [0.05, 0.1) is 149 Å². The van der Waals surface area contributed by atoms with Gasteiger partial charge in [-0.1, -0.05) is 66.2 Å². The molecule has 1 aromatic heterocycles. The van der Waals surface area contributed by atoms with Crippen molar-refractivity contribution in [1.29, 1.82) is 0 Å². The zero-order chi connectivity index (χ0) is 72.8. The summed E-state index contributed by atoms with van der Waals surface area (Å²) in [4.78, 5) is 85.9. The van der Waals surface area contributed by atoms with Gasteiger partial charge in [-0.15, -0.1) is 0 Å². The molecule has 10 rings (SSSR count). The van der Waals surface area contributed by atoms with Gasteiger partial charge in [0.1, 0.15) is 24.5 Å². The number of nitrogens with zero attached hydrogens (tertiary/aromatic N) is 8. The van der Waals surface area contributed by atoms with Crippen LogP contribution in [-0.4, -0.2) is 257 Å². The van der Waals surface area contributed by atoms with Crippen LogP contribution < -0.4 is 30.5 Å². The summed E-state index contributed by atoms with van der Waals surface area (Å²) >= 11 is 13.2. The third-order valence-electron chi connectivity index (χ3n) is 18.3. The van der Waals surface area contributed by atoms with E-state index in [1.165, 1.54) is 9.80 Å². The Morgan fingerprint density at radius 2 is 1.31 bits per heavy atom. The molecule has 30 heteroatoms. The summed E-state index contributed by atoms with van der Waals surface area (Å²) in [7, 11) is 0. The number of amides is 6. The summed E-state index contributed by atoms with van der Waals surface area (Å²) in [5.41, 5.74) is 6.30. The summed E-state index contributed by atoms with van der Waals surface area (Å²) in [6.45, 7) is 24.3. The van der Waals surface area contributed by atoms with E-state index < -0.39 is 35.8 Å². The number of anilines is 3. The number of carbonyl (C=O) groups excluding carboxylic acids is 5. The van der Waals surface area contributed by atoms with Gasteiger partial charge in [0.25, 0.3) is 11.8 Å². The lowest BCUT2D eigenvalue weighted by molar-refractivity contribution is -0.137. The van der Waals surface area contributed by atoms with Crippen LogP contribution in [-0.2, 0) is 94.2 Å². The predicted molar refractivity (Wildman–Crippen MR) is 387 cm³/mol. The number of ether oxygens (including phenoxy) is 11. The molecule has 562 valence electrons. The molecular formula is C74H94Cl2FN11O16. The molecule has 27 nitrogen and oxygen atoms in total. The van der Waals surface area contributed by atoms with Crippen molar-refractivity contribution in [2.24, 2.45) is 0 Å². The molecule has 3 fully saturated rings. The Labute approximate surface area is 615 Å². The fourth-order valence-electron chi connectivity index (χ4n) is 13.2. The average Bonchev–Trinajstić information content (AvgIpc) is 1.74. The first-order valence-electron chi connectivity index (χ1n) is 35.6. The van der Waals surface area contributed by atoms with Crippen LogP contribution >= 0.6 is 23.2 Å². The Morgan fingerprint density at radius 1 is 0.673 bits per heavy atom. The normalized spacial score (nSPS) is 17.5. The van der Waals surface area contributed by atoms with Gasteiger partial charge >= 0.3 is 12.0 Å². The molecule has 3 atom stereocenters. The maximum Gasteiger partial charge on any atom is 0.319 e. The molecule has 1 unspecified atom stereocenters. The molecule has 5 aliphatic rings. The Kier molecular flexibility index (Phi) is 31.7. The lowest BCUT2D eigenvalue weighted by Gasteiger charge is -2.41. The number of fused-ring (bicyclic) bond motifs is 3. The monoisotopic (exact) mass is 1480 g/mol. The van der Waals surface area contributed by atoms with Crippen molar-refractivity contribution < 1.29 is 80.5 Å². The van der Waals surface area contributed by atoms with E-state index in [1.807, 2.05) is 36.4 Å². The van der Waals surface area contributed by atoms with Gasteiger partial charge in [0.2, 0.25) is 18.4 Å². The minimum absolute atomic E-state index is 0.0197.